The Hall–Kier alpha value is -1.22. The van der Waals surface area contributed by atoms with Crippen LogP contribution in [0.3, 0.4) is 0 Å². The first-order valence-electron chi connectivity index (χ1n) is 9.54. The number of nitrogens with zero attached hydrogens (tertiary/aromatic N) is 1. The van der Waals surface area contributed by atoms with Crippen molar-refractivity contribution < 1.29 is 4.74 Å². The van der Waals surface area contributed by atoms with Crippen LogP contribution in [0.2, 0.25) is 0 Å². The highest BCUT2D eigenvalue weighted by Gasteiger charge is 2.49. The molecule has 3 saturated heterocycles. The maximum Gasteiger partial charge on any atom is 0.119 e. The number of anilines is 1. The largest absolute Gasteiger partial charge is 0.494 e. The number of hydrogen-bond acceptors (Lipinski definition) is 3. The summed E-state index contributed by atoms with van der Waals surface area (Å²) in [6.07, 6.45) is 9.86. The molecule has 1 aliphatic carbocycles. The molecule has 4 fully saturated rings. The van der Waals surface area contributed by atoms with Gasteiger partial charge in [-0.15, -0.1) is 0 Å². The van der Waals surface area contributed by atoms with E-state index in [9.17, 15) is 0 Å². The Balaban J connectivity index is 1.62. The van der Waals surface area contributed by atoms with Crippen LogP contribution >= 0.6 is 0 Å². The predicted molar refractivity (Wildman–Crippen MR) is 95.3 cm³/mol. The highest BCUT2D eigenvalue weighted by Crippen LogP contribution is 2.50. The van der Waals surface area contributed by atoms with E-state index < -0.39 is 0 Å². The molecule has 126 valence electrons. The maximum atomic E-state index is 5.61. The van der Waals surface area contributed by atoms with Crippen molar-refractivity contribution in [1.29, 1.82) is 0 Å². The second-order valence-corrected chi connectivity index (χ2v) is 7.66. The lowest BCUT2D eigenvalue weighted by atomic mass is 9.63. The average molecular weight is 314 g/mol. The number of piperidine rings is 1. The Morgan fingerprint density at radius 3 is 2.70 bits per heavy atom. The number of ether oxygens (including phenoxy) is 1. The van der Waals surface area contributed by atoms with E-state index in [0.29, 0.717) is 17.5 Å². The van der Waals surface area contributed by atoms with Gasteiger partial charge >= 0.3 is 0 Å². The summed E-state index contributed by atoms with van der Waals surface area (Å²) in [4.78, 5) is 2.72. The molecule has 0 aromatic heterocycles. The van der Waals surface area contributed by atoms with Crippen LogP contribution in [0, 0.1) is 5.41 Å². The van der Waals surface area contributed by atoms with E-state index in [1.807, 2.05) is 6.92 Å². The first-order valence-corrected chi connectivity index (χ1v) is 9.54. The van der Waals surface area contributed by atoms with Gasteiger partial charge in [0.1, 0.15) is 5.75 Å². The second kappa shape index (κ2) is 6.35. The van der Waals surface area contributed by atoms with Crippen LogP contribution in [0.25, 0.3) is 0 Å². The van der Waals surface area contributed by atoms with Gasteiger partial charge in [-0.2, -0.15) is 0 Å². The van der Waals surface area contributed by atoms with Crippen molar-refractivity contribution in [2.24, 2.45) is 5.41 Å². The van der Waals surface area contributed by atoms with Gasteiger partial charge in [-0.3, -0.25) is 0 Å². The standard InChI is InChI=1S/C20H30N2O/c1-2-23-18-8-6-17(7-9-18)22-15-16-14-20(11-4-3-5-12-20)19(22)10-13-21-16/h6-9,16,19,21H,2-5,10-15H2,1H3/t16-,19?/m0/s1. The molecule has 1 saturated carbocycles. The summed E-state index contributed by atoms with van der Waals surface area (Å²) >= 11 is 0. The molecular weight excluding hydrogens is 284 g/mol. The van der Waals surface area contributed by atoms with Crippen LogP contribution in [0.1, 0.15) is 51.9 Å². The van der Waals surface area contributed by atoms with Crippen molar-refractivity contribution in [1.82, 2.24) is 5.32 Å². The van der Waals surface area contributed by atoms with Gasteiger partial charge in [-0.05, 0) is 68.8 Å². The number of nitrogens with one attached hydrogen (secondary N) is 1. The molecule has 1 spiro atoms. The van der Waals surface area contributed by atoms with Crippen LogP contribution in [-0.4, -0.2) is 31.8 Å². The molecule has 3 heterocycles. The summed E-state index contributed by atoms with van der Waals surface area (Å²) in [5, 5.41) is 3.81. The highest BCUT2D eigenvalue weighted by atomic mass is 16.5. The fourth-order valence-electron chi connectivity index (χ4n) is 5.39. The summed E-state index contributed by atoms with van der Waals surface area (Å²) in [5.41, 5.74) is 1.94. The number of fused-ring (bicyclic) bond motifs is 3. The molecule has 3 aliphatic heterocycles. The Kier molecular flexibility index (Phi) is 4.23. The Morgan fingerprint density at radius 1 is 1.17 bits per heavy atom. The van der Waals surface area contributed by atoms with Gasteiger partial charge < -0.3 is 15.0 Å². The number of hydrogen-bond donors (Lipinski definition) is 1. The molecular formula is C20H30N2O. The first kappa shape index (κ1) is 15.3. The van der Waals surface area contributed by atoms with Gasteiger partial charge in [0.05, 0.1) is 6.61 Å². The predicted octanol–water partition coefficient (Wildman–Crippen LogP) is 3.98. The van der Waals surface area contributed by atoms with E-state index in [1.54, 1.807) is 0 Å². The summed E-state index contributed by atoms with van der Waals surface area (Å²) in [6, 6.07) is 10.2. The normalized spacial score (nSPS) is 29.5. The quantitative estimate of drug-likeness (QED) is 0.913. The molecule has 0 amide bonds. The molecule has 0 radical (unpaired) electrons. The molecule has 2 bridgehead atoms. The van der Waals surface area contributed by atoms with Crippen molar-refractivity contribution >= 4 is 5.69 Å². The average Bonchev–Trinajstić information content (AvgIpc) is 2.88. The Bertz CT molecular complexity index is 521. The van der Waals surface area contributed by atoms with E-state index in [0.717, 1.165) is 12.4 Å². The van der Waals surface area contributed by atoms with Gasteiger partial charge in [-0.1, -0.05) is 19.3 Å². The van der Waals surface area contributed by atoms with Crippen LogP contribution < -0.4 is 15.0 Å². The lowest BCUT2D eigenvalue weighted by molar-refractivity contribution is 0.0980. The summed E-state index contributed by atoms with van der Waals surface area (Å²) < 4.78 is 5.61. The third-order valence-corrected chi connectivity index (χ3v) is 6.33. The molecule has 1 aromatic carbocycles. The van der Waals surface area contributed by atoms with Gasteiger partial charge in [0.15, 0.2) is 0 Å². The van der Waals surface area contributed by atoms with Crippen LogP contribution in [0.15, 0.2) is 24.3 Å². The minimum atomic E-state index is 0.559. The van der Waals surface area contributed by atoms with E-state index in [2.05, 4.69) is 34.5 Å². The third-order valence-electron chi connectivity index (χ3n) is 6.33. The summed E-state index contributed by atoms with van der Waals surface area (Å²) in [6.45, 7) is 5.13. The Labute approximate surface area is 140 Å². The highest BCUT2D eigenvalue weighted by molar-refractivity contribution is 5.51. The van der Waals surface area contributed by atoms with Gasteiger partial charge in [0, 0.05) is 24.3 Å². The topological polar surface area (TPSA) is 24.5 Å². The summed E-state index contributed by atoms with van der Waals surface area (Å²) in [7, 11) is 0. The molecule has 1 N–H and O–H groups in total. The first-order chi connectivity index (χ1) is 11.3. The summed E-state index contributed by atoms with van der Waals surface area (Å²) in [5.74, 6) is 0.988. The van der Waals surface area contributed by atoms with Crippen LogP contribution in [0.5, 0.6) is 5.75 Å². The fraction of sp³-hybridized carbons (Fsp3) is 0.700. The molecule has 3 heteroatoms. The van der Waals surface area contributed by atoms with E-state index in [1.165, 1.54) is 63.7 Å². The van der Waals surface area contributed by atoms with Gasteiger partial charge in [-0.25, -0.2) is 0 Å². The SMILES string of the molecule is CCOc1ccc(N2C[C@@H]3CC4(CCCCC4)C2CCN3)cc1. The van der Waals surface area contributed by atoms with Crippen LogP contribution in [0.4, 0.5) is 5.69 Å². The number of rotatable bonds is 3. The smallest absolute Gasteiger partial charge is 0.119 e. The zero-order valence-corrected chi connectivity index (χ0v) is 14.4. The zero-order chi connectivity index (χ0) is 15.7. The molecule has 1 unspecified atom stereocenters. The molecule has 1 aromatic rings. The molecule has 5 rings (SSSR count). The Morgan fingerprint density at radius 2 is 1.96 bits per heavy atom. The van der Waals surface area contributed by atoms with Crippen LogP contribution in [-0.2, 0) is 0 Å². The van der Waals surface area contributed by atoms with Gasteiger partial charge in [0.25, 0.3) is 0 Å². The van der Waals surface area contributed by atoms with Crippen molar-refractivity contribution in [2.75, 3.05) is 24.6 Å². The lowest BCUT2D eigenvalue weighted by Gasteiger charge is -2.53. The third kappa shape index (κ3) is 2.84. The number of benzene rings is 1. The van der Waals surface area contributed by atoms with Crippen molar-refractivity contribution in [3.8, 4) is 5.75 Å². The van der Waals surface area contributed by atoms with E-state index in [4.69, 9.17) is 4.74 Å². The minimum Gasteiger partial charge on any atom is -0.494 e. The minimum absolute atomic E-state index is 0.559. The lowest BCUT2D eigenvalue weighted by Crippen LogP contribution is -2.57. The molecule has 3 nitrogen and oxygen atoms in total. The van der Waals surface area contributed by atoms with E-state index >= 15 is 0 Å². The van der Waals surface area contributed by atoms with Crippen molar-refractivity contribution in [3.63, 3.8) is 0 Å². The zero-order valence-electron chi connectivity index (χ0n) is 14.4. The van der Waals surface area contributed by atoms with Gasteiger partial charge in [0.2, 0.25) is 0 Å². The molecule has 23 heavy (non-hydrogen) atoms. The molecule has 2 atom stereocenters. The monoisotopic (exact) mass is 314 g/mol. The second-order valence-electron chi connectivity index (χ2n) is 7.66. The van der Waals surface area contributed by atoms with Crippen molar-refractivity contribution in [2.45, 2.75) is 64.0 Å². The van der Waals surface area contributed by atoms with Crippen molar-refractivity contribution in [3.05, 3.63) is 24.3 Å². The van der Waals surface area contributed by atoms with E-state index in [-0.39, 0.29) is 0 Å². The maximum absolute atomic E-state index is 5.61. The molecule has 4 aliphatic rings. The fourth-order valence-corrected chi connectivity index (χ4v) is 5.39.